The highest BCUT2D eigenvalue weighted by atomic mass is 35.5. The third kappa shape index (κ3) is 3.17. The zero-order chi connectivity index (χ0) is 18.1. The maximum atomic E-state index is 12.4. The molecule has 5 nitrogen and oxygen atoms in total. The van der Waals surface area contributed by atoms with Crippen molar-refractivity contribution in [1.82, 2.24) is 15.0 Å². The van der Waals surface area contributed by atoms with Crippen LogP contribution in [-0.4, -0.2) is 20.9 Å². The topological polar surface area (TPSA) is 59.8 Å². The van der Waals surface area contributed by atoms with Crippen LogP contribution < -0.4 is 5.32 Å². The minimum Gasteiger partial charge on any atom is -0.321 e. The predicted octanol–water partition coefficient (Wildman–Crippen LogP) is 4.63. The Morgan fingerprint density at radius 1 is 0.962 bits per heavy atom. The fraction of sp³-hybridized carbons (Fsp3) is 0.0500. The van der Waals surface area contributed by atoms with Crippen LogP contribution in [0, 0.1) is 6.92 Å². The lowest BCUT2D eigenvalue weighted by Gasteiger charge is -2.07. The van der Waals surface area contributed by atoms with Gasteiger partial charge < -0.3 is 5.32 Å². The fourth-order valence-electron chi connectivity index (χ4n) is 2.61. The molecule has 1 heterocycles. The van der Waals surface area contributed by atoms with E-state index >= 15 is 0 Å². The highest BCUT2D eigenvalue weighted by Crippen LogP contribution is 2.27. The number of fused-ring (bicyclic) bond motifs is 1. The molecular formula is C20H15ClN4O. The standard InChI is InChI=1S/C20H15ClN4O/c1-13-7-9-14(10-8-13)20(26)22-17-12-19-18(11-16(17)21)23-25(24-19)15-5-3-2-4-6-15/h2-12H,1H3,(H,22,26). The van der Waals surface area contributed by atoms with Gasteiger partial charge in [0.15, 0.2) is 0 Å². The second-order valence-corrected chi connectivity index (χ2v) is 6.37. The number of aromatic nitrogens is 3. The van der Waals surface area contributed by atoms with Crippen LogP contribution in [0.25, 0.3) is 16.7 Å². The highest BCUT2D eigenvalue weighted by molar-refractivity contribution is 6.34. The first-order chi connectivity index (χ1) is 12.6. The van der Waals surface area contributed by atoms with Crippen molar-refractivity contribution in [3.05, 3.63) is 82.9 Å². The monoisotopic (exact) mass is 362 g/mol. The summed E-state index contributed by atoms with van der Waals surface area (Å²) >= 11 is 6.32. The van der Waals surface area contributed by atoms with Gasteiger partial charge >= 0.3 is 0 Å². The normalized spacial score (nSPS) is 10.8. The van der Waals surface area contributed by atoms with E-state index in [1.54, 1.807) is 29.1 Å². The van der Waals surface area contributed by atoms with Gasteiger partial charge in [0.05, 0.1) is 16.4 Å². The van der Waals surface area contributed by atoms with Crippen molar-refractivity contribution >= 4 is 34.2 Å². The summed E-state index contributed by atoms with van der Waals surface area (Å²) in [6, 6.07) is 20.4. The van der Waals surface area contributed by atoms with Gasteiger partial charge in [0, 0.05) is 5.56 Å². The van der Waals surface area contributed by atoms with Crippen molar-refractivity contribution in [1.29, 1.82) is 0 Å². The number of hydrogen-bond acceptors (Lipinski definition) is 3. The summed E-state index contributed by atoms with van der Waals surface area (Å²) in [5.41, 5.74) is 4.33. The number of nitrogens with zero attached hydrogens (tertiary/aromatic N) is 3. The smallest absolute Gasteiger partial charge is 0.255 e. The number of anilines is 1. The van der Waals surface area contributed by atoms with Crippen LogP contribution in [0.4, 0.5) is 5.69 Å². The number of carbonyl (C=O) groups excluding carboxylic acids is 1. The third-order valence-electron chi connectivity index (χ3n) is 4.02. The Hall–Kier alpha value is -3.18. The Morgan fingerprint density at radius 3 is 2.31 bits per heavy atom. The first kappa shape index (κ1) is 16.3. The van der Waals surface area contributed by atoms with Gasteiger partial charge in [-0.1, -0.05) is 47.5 Å². The van der Waals surface area contributed by atoms with Gasteiger partial charge in [0.25, 0.3) is 5.91 Å². The molecule has 0 aliphatic heterocycles. The molecule has 0 atom stereocenters. The molecule has 0 spiro atoms. The number of halogens is 1. The molecule has 0 bridgehead atoms. The lowest BCUT2D eigenvalue weighted by molar-refractivity contribution is 0.102. The van der Waals surface area contributed by atoms with Crippen molar-refractivity contribution in [2.24, 2.45) is 0 Å². The van der Waals surface area contributed by atoms with E-state index in [4.69, 9.17) is 11.6 Å². The van der Waals surface area contributed by atoms with Crippen LogP contribution in [0.3, 0.4) is 0 Å². The summed E-state index contributed by atoms with van der Waals surface area (Å²) in [6.07, 6.45) is 0. The Bertz CT molecular complexity index is 1090. The maximum absolute atomic E-state index is 12.4. The molecule has 0 saturated heterocycles. The predicted molar refractivity (Wildman–Crippen MR) is 103 cm³/mol. The van der Waals surface area contributed by atoms with Gasteiger partial charge in [0.1, 0.15) is 11.0 Å². The van der Waals surface area contributed by atoms with Gasteiger partial charge in [0.2, 0.25) is 0 Å². The number of amides is 1. The Morgan fingerprint density at radius 2 is 1.62 bits per heavy atom. The number of hydrogen-bond donors (Lipinski definition) is 1. The highest BCUT2D eigenvalue weighted by Gasteiger charge is 2.12. The average molecular weight is 363 g/mol. The first-order valence-electron chi connectivity index (χ1n) is 8.10. The van der Waals surface area contributed by atoms with Gasteiger partial charge in [-0.3, -0.25) is 4.79 Å². The second-order valence-electron chi connectivity index (χ2n) is 5.97. The quantitative estimate of drug-likeness (QED) is 0.577. The lowest BCUT2D eigenvalue weighted by Crippen LogP contribution is -2.12. The molecule has 26 heavy (non-hydrogen) atoms. The summed E-state index contributed by atoms with van der Waals surface area (Å²) in [4.78, 5) is 14.0. The Labute approximate surface area is 155 Å². The molecule has 128 valence electrons. The average Bonchev–Trinajstić information content (AvgIpc) is 3.06. The molecule has 1 amide bonds. The summed E-state index contributed by atoms with van der Waals surface area (Å²) in [5.74, 6) is -0.221. The lowest BCUT2D eigenvalue weighted by atomic mass is 10.1. The number of carbonyl (C=O) groups is 1. The molecule has 1 aromatic heterocycles. The van der Waals surface area contributed by atoms with Crippen LogP contribution in [0.2, 0.25) is 5.02 Å². The van der Waals surface area contributed by atoms with Crippen LogP contribution in [-0.2, 0) is 0 Å². The summed E-state index contributed by atoms with van der Waals surface area (Å²) in [7, 11) is 0. The van der Waals surface area contributed by atoms with Crippen molar-refractivity contribution in [3.8, 4) is 5.69 Å². The van der Waals surface area contributed by atoms with E-state index in [1.807, 2.05) is 49.4 Å². The zero-order valence-corrected chi connectivity index (χ0v) is 14.7. The number of aryl methyl sites for hydroxylation is 1. The summed E-state index contributed by atoms with van der Waals surface area (Å²) < 4.78 is 0. The van der Waals surface area contributed by atoms with Gasteiger partial charge in [-0.2, -0.15) is 4.80 Å². The zero-order valence-electron chi connectivity index (χ0n) is 14.0. The van der Waals surface area contributed by atoms with E-state index in [0.717, 1.165) is 11.3 Å². The van der Waals surface area contributed by atoms with Gasteiger partial charge in [-0.05, 0) is 43.3 Å². The van der Waals surface area contributed by atoms with E-state index in [9.17, 15) is 4.79 Å². The third-order valence-corrected chi connectivity index (χ3v) is 4.33. The number of para-hydroxylation sites is 1. The molecule has 0 aliphatic carbocycles. The second kappa shape index (κ2) is 6.61. The molecule has 1 N–H and O–H groups in total. The molecule has 0 radical (unpaired) electrons. The number of nitrogens with one attached hydrogen (secondary N) is 1. The summed E-state index contributed by atoms with van der Waals surface area (Å²) in [5, 5.41) is 12.2. The minimum atomic E-state index is -0.221. The molecule has 0 saturated carbocycles. The van der Waals surface area contributed by atoms with Crippen molar-refractivity contribution in [3.63, 3.8) is 0 Å². The molecule has 0 unspecified atom stereocenters. The Balaban J connectivity index is 1.66. The van der Waals surface area contributed by atoms with Gasteiger partial charge in [-0.15, -0.1) is 10.2 Å². The Kier molecular flexibility index (Phi) is 4.14. The van der Waals surface area contributed by atoms with E-state index in [-0.39, 0.29) is 5.91 Å². The molecule has 0 fully saturated rings. The molecule has 4 aromatic rings. The van der Waals surface area contributed by atoms with E-state index in [2.05, 4.69) is 15.5 Å². The molecule has 4 rings (SSSR count). The number of benzene rings is 3. The van der Waals surface area contributed by atoms with Crippen molar-refractivity contribution in [2.45, 2.75) is 6.92 Å². The fourth-order valence-corrected chi connectivity index (χ4v) is 2.82. The van der Waals surface area contributed by atoms with Crippen molar-refractivity contribution in [2.75, 3.05) is 5.32 Å². The minimum absolute atomic E-state index is 0.221. The van der Waals surface area contributed by atoms with Crippen LogP contribution in [0.15, 0.2) is 66.7 Å². The largest absolute Gasteiger partial charge is 0.321 e. The first-order valence-corrected chi connectivity index (χ1v) is 8.48. The molecule has 0 aliphatic rings. The van der Waals surface area contributed by atoms with Crippen molar-refractivity contribution < 1.29 is 4.79 Å². The van der Waals surface area contributed by atoms with E-state index in [0.29, 0.717) is 27.3 Å². The molecule has 3 aromatic carbocycles. The number of rotatable bonds is 3. The maximum Gasteiger partial charge on any atom is 0.255 e. The summed E-state index contributed by atoms with van der Waals surface area (Å²) in [6.45, 7) is 1.97. The molecular weight excluding hydrogens is 348 g/mol. The van der Waals surface area contributed by atoms with Crippen LogP contribution in [0.1, 0.15) is 15.9 Å². The SMILES string of the molecule is Cc1ccc(C(=O)Nc2cc3nn(-c4ccccc4)nc3cc2Cl)cc1. The van der Waals surface area contributed by atoms with E-state index in [1.165, 1.54) is 0 Å². The van der Waals surface area contributed by atoms with Crippen LogP contribution >= 0.6 is 11.6 Å². The molecule has 6 heteroatoms. The van der Waals surface area contributed by atoms with Gasteiger partial charge in [-0.25, -0.2) is 0 Å². The van der Waals surface area contributed by atoms with Crippen LogP contribution in [0.5, 0.6) is 0 Å². The van der Waals surface area contributed by atoms with E-state index < -0.39 is 0 Å².